The number of hydrogen-bond donors (Lipinski definition) is 1. The molecule has 3 aromatic rings. The first-order chi connectivity index (χ1) is 10.4. The highest BCUT2D eigenvalue weighted by Gasteiger charge is 2.38. The van der Waals surface area contributed by atoms with Crippen LogP contribution in [0.4, 0.5) is 11.4 Å². The number of hydrogen-bond acceptors (Lipinski definition) is 4. The molecule has 0 saturated carbocycles. The first-order valence-corrected chi connectivity index (χ1v) is 6.90. The molecule has 5 rings (SSSR count). The zero-order valence-electron chi connectivity index (χ0n) is 11.1. The van der Waals surface area contributed by atoms with Crippen LogP contribution in [0, 0.1) is 0 Å². The van der Waals surface area contributed by atoms with E-state index in [1.807, 2.05) is 47.5 Å². The summed E-state index contributed by atoms with van der Waals surface area (Å²) in [6.07, 6.45) is -0.472. The van der Waals surface area contributed by atoms with E-state index >= 15 is 0 Å². The van der Waals surface area contributed by atoms with Crippen LogP contribution in [0.15, 0.2) is 60.7 Å². The number of nitrogens with one attached hydrogen (secondary N) is 1. The fourth-order valence-corrected chi connectivity index (χ4v) is 2.93. The van der Waals surface area contributed by atoms with E-state index in [1.54, 1.807) is 0 Å². The van der Waals surface area contributed by atoms with Gasteiger partial charge in [0.15, 0.2) is 11.5 Å². The lowest BCUT2D eigenvalue weighted by Crippen LogP contribution is -2.46. The maximum atomic E-state index is 5.93. The minimum absolute atomic E-state index is 0.472. The minimum atomic E-state index is -0.472. The van der Waals surface area contributed by atoms with Crippen LogP contribution >= 0.6 is 0 Å². The number of fused-ring (bicyclic) bond motifs is 6. The van der Waals surface area contributed by atoms with Crippen LogP contribution in [-0.2, 0) is 0 Å². The number of rotatable bonds is 0. The monoisotopic (exact) mass is 276 g/mol. The second-order valence-corrected chi connectivity index (χ2v) is 5.15. The van der Waals surface area contributed by atoms with Gasteiger partial charge < -0.3 is 9.47 Å². The Balaban J connectivity index is 1.71. The molecule has 2 aliphatic heterocycles. The molecule has 3 aromatic carbocycles. The van der Waals surface area contributed by atoms with E-state index in [4.69, 9.17) is 9.47 Å². The molecule has 1 unspecified atom stereocenters. The summed E-state index contributed by atoms with van der Waals surface area (Å²) in [7, 11) is 0. The Morgan fingerprint density at radius 3 is 2.62 bits per heavy atom. The Morgan fingerprint density at radius 1 is 0.810 bits per heavy atom. The first kappa shape index (κ1) is 10.9. The maximum Gasteiger partial charge on any atom is 0.345 e. The van der Waals surface area contributed by atoms with Crippen LogP contribution in [0.3, 0.4) is 0 Å². The Bertz CT molecular complexity index is 862. The lowest BCUT2D eigenvalue weighted by molar-refractivity contribution is 0.0187. The molecule has 0 saturated heterocycles. The fourth-order valence-electron chi connectivity index (χ4n) is 2.93. The van der Waals surface area contributed by atoms with Crippen molar-refractivity contribution in [3.63, 3.8) is 0 Å². The van der Waals surface area contributed by atoms with Crippen LogP contribution in [0.5, 0.6) is 11.5 Å². The standard InChI is InChI=1S/C17H12N2O2/c1-2-6-12-11(5-1)9-10-15-16(12)19-17(21-15)20-14-8-4-3-7-13(14)18-19/h1-10,17-18H. The quantitative estimate of drug-likeness (QED) is 0.678. The van der Waals surface area contributed by atoms with Crippen LogP contribution in [-0.4, -0.2) is 6.41 Å². The highest BCUT2D eigenvalue weighted by atomic mass is 16.7. The van der Waals surface area contributed by atoms with E-state index in [1.165, 1.54) is 5.39 Å². The second kappa shape index (κ2) is 3.82. The number of anilines is 2. The van der Waals surface area contributed by atoms with E-state index in [9.17, 15) is 0 Å². The number of hydrazine groups is 1. The van der Waals surface area contributed by atoms with Crippen molar-refractivity contribution in [1.29, 1.82) is 0 Å². The van der Waals surface area contributed by atoms with Gasteiger partial charge in [-0.15, -0.1) is 0 Å². The SMILES string of the molecule is c1ccc2c(c1)NN1c3c(ccc4ccccc34)OC1O2. The number of nitrogens with zero attached hydrogens (tertiary/aromatic N) is 1. The van der Waals surface area contributed by atoms with Gasteiger partial charge in [0.25, 0.3) is 0 Å². The lowest BCUT2D eigenvalue weighted by atomic mass is 10.1. The number of ether oxygens (including phenoxy) is 2. The maximum absolute atomic E-state index is 5.93. The van der Waals surface area contributed by atoms with Crippen molar-refractivity contribution in [2.24, 2.45) is 0 Å². The second-order valence-electron chi connectivity index (χ2n) is 5.15. The van der Waals surface area contributed by atoms with Gasteiger partial charge in [-0.25, -0.2) is 5.01 Å². The molecular formula is C17H12N2O2. The van der Waals surface area contributed by atoms with Gasteiger partial charge in [0.05, 0.1) is 5.69 Å². The Hall–Kier alpha value is -2.88. The van der Waals surface area contributed by atoms with Crippen LogP contribution in [0.1, 0.15) is 0 Å². The molecule has 4 nitrogen and oxygen atoms in total. The van der Waals surface area contributed by atoms with E-state index in [2.05, 4.69) is 23.6 Å². The van der Waals surface area contributed by atoms with Crippen LogP contribution in [0.25, 0.3) is 10.8 Å². The van der Waals surface area contributed by atoms with Crippen molar-refractivity contribution >= 4 is 22.1 Å². The van der Waals surface area contributed by atoms with E-state index in [0.717, 1.165) is 28.3 Å². The van der Waals surface area contributed by atoms with Gasteiger partial charge in [0.2, 0.25) is 0 Å². The average Bonchev–Trinajstić information content (AvgIpc) is 2.90. The molecule has 4 heteroatoms. The average molecular weight is 276 g/mol. The number of benzene rings is 3. The summed E-state index contributed by atoms with van der Waals surface area (Å²) in [5, 5.41) is 4.27. The van der Waals surface area contributed by atoms with Crippen LogP contribution in [0.2, 0.25) is 0 Å². The van der Waals surface area contributed by atoms with Gasteiger partial charge in [-0.1, -0.05) is 42.5 Å². The van der Waals surface area contributed by atoms with Crippen molar-refractivity contribution in [1.82, 2.24) is 0 Å². The van der Waals surface area contributed by atoms with Crippen molar-refractivity contribution < 1.29 is 9.47 Å². The summed E-state index contributed by atoms with van der Waals surface area (Å²) in [5.41, 5.74) is 5.35. The molecule has 0 bridgehead atoms. The van der Waals surface area contributed by atoms with Gasteiger partial charge >= 0.3 is 6.41 Å². The fraction of sp³-hybridized carbons (Fsp3) is 0.0588. The summed E-state index contributed by atoms with van der Waals surface area (Å²) in [5.74, 6) is 1.63. The van der Waals surface area contributed by atoms with Crippen molar-refractivity contribution in [3.8, 4) is 11.5 Å². The molecule has 0 amide bonds. The third-order valence-corrected chi connectivity index (χ3v) is 3.90. The molecule has 0 fully saturated rings. The normalized spacial score (nSPS) is 18.1. The molecule has 1 atom stereocenters. The molecule has 2 heterocycles. The van der Waals surface area contributed by atoms with Gasteiger partial charge in [-0.2, -0.15) is 0 Å². The Kier molecular flexibility index (Phi) is 1.98. The smallest absolute Gasteiger partial charge is 0.345 e. The predicted molar refractivity (Wildman–Crippen MR) is 81.5 cm³/mol. The van der Waals surface area contributed by atoms with Crippen LogP contribution < -0.4 is 19.9 Å². The highest BCUT2D eigenvalue weighted by Crippen LogP contribution is 2.46. The van der Waals surface area contributed by atoms with Crippen molar-refractivity contribution in [3.05, 3.63) is 60.7 Å². The molecule has 2 aliphatic rings. The third-order valence-electron chi connectivity index (χ3n) is 3.90. The Morgan fingerprint density at radius 2 is 1.62 bits per heavy atom. The topological polar surface area (TPSA) is 33.7 Å². The van der Waals surface area contributed by atoms with E-state index in [0.29, 0.717) is 0 Å². The summed E-state index contributed by atoms with van der Waals surface area (Å²) in [4.78, 5) is 0. The summed E-state index contributed by atoms with van der Waals surface area (Å²) in [6, 6.07) is 20.2. The van der Waals surface area contributed by atoms with E-state index < -0.39 is 6.41 Å². The molecule has 0 radical (unpaired) electrons. The minimum Gasteiger partial charge on any atom is -0.434 e. The molecule has 0 spiro atoms. The predicted octanol–water partition coefficient (Wildman–Crippen LogP) is 3.74. The first-order valence-electron chi connectivity index (χ1n) is 6.90. The largest absolute Gasteiger partial charge is 0.434 e. The summed E-state index contributed by atoms with van der Waals surface area (Å²) >= 11 is 0. The van der Waals surface area contributed by atoms with Gasteiger partial charge in [0.1, 0.15) is 5.69 Å². The Labute approximate surface area is 121 Å². The molecule has 0 aromatic heterocycles. The van der Waals surface area contributed by atoms with Crippen molar-refractivity contribution in [2.75, 3.05) is 10.4 Å². The zero-order valence-corrected chi connectivity index (χ0v) is 11.1. The number of para-hydroxylation sites is 2. The van der Waals surface area contributed by atoms with Gasteiger partial charge in [0, 0.05) is 5.39 Å². The highest BCUT2D eigenvalue weighted by molar-refractivity contribution is 5.99. The van der Waals surface area contributed by atoms with Crippen molar-refractivity contribution in [2.45, 2.75) is 6.41 Å². The molecule has 1 N–H and O–H groups in total. The molecule has 102 valence electrons. The molecule has 21 heavy (non-hydrogen) atoms. The zero-order chi connectivity index (χ0) is 13.8. The lowest BCUT2D eigenvalue weighted by Gasteiger charge is -2.32. The summed E-state index contributed by atoms with van der Waals surface area (Å²) in [6.45, 7) is 0. The van der Waals surface area contributed by atoms with Gasteiger partial charge in [-0.05, 0) is 23.6 Å². The summed E-state index contributed by atoms with van der Waals surface area (Å²) < 4.78 is 11.8. The van der Waals surface area contributed by atoms with E-state index in [-0.39, 0.29) is 0 Å². The molecule has 0 aliphatic carbocycles. The third kappa shape index (κ3) is 1.44. The van der Waals surface area contributed by atoms with Gasteiger partial charge in [-0.3, -0.25) is 5.43 Å². The molecular weight excluding hydrogens is 264 g/mol.